The molecule has 0 unspecified atom stereocenters. The van der Waals surface area contributed by atoms with E-state index in [9.17, 15) is 8.42 Å². The third kappa shape index (κ3) is 3.63. The molecule has 0 aromatic carbocycles. The van der Waals surface area contributed by atoms with E-state index in [0.29, 0.717) is 23.2 Å². The summed E-state index contributed by atoms with van der Waals surface area (Å²) >= 11 is 1.41. The quantitative estimate of drug-likeness (QED) is 0.792. The second-order valence-electron chi connectivity index (χ2n) is 4.04. The summed E-state index contributed by atoms with van der Waals surface area (Å²) in [5.41, 5.74) is 0. The Hall–Kier alpha value is -1.29. The number of nitrogens with one attached hydrogen (secondary N) is 2. The van der Waals surface area contributed by atoms with E-state index in [1.165, 1.54) is 11.3 Å². The van der Waals surface area contributed by atoms with Crippen LogP contribution < -0.4 is 10.0 Å². The van der Waals surface area contributed by atoms with Crippen molar-refractivity contribution < 1.29 is 12.9 Å². The van der Waals surface area contributed by atoms with Crippen LogP contribution in [0.5, 0.6) is 0 Å². The van der Waals surface area contributed by atoms with Crippen LogP contribution in [0.3, 0.4) is 0 Å². The number of aromatic nitrogens is 2. The van der Waals surface area contributed by atoms with Crippen molar-refractivity contribution in [2.75, 3.05) is 6.54 Å². The first kappa shape index (κ1) is 15.1. The lowest BCUT2D eigenvalue weighted by Gasteiger charge is -2.06. The number of nitrogens with zero attached hydrogens (tertiary/aromatic N) is 2. The van der Waals surface area contributed by atoms with Crippen molar-refractivity contribution in [2.45, 2.75) is 31.8 Å². The molecule has 0 bridgehead atoms. The predicted molar refractivity (Wildman–Crippen MR) is 74.8 cm³/mol. The molecule has 2 N–H and O–H groups in total. The van der Waals surface area contributed by atoms with E-state index >= 15 is 0 Å². The third-order valence-electron chi connectivity index (χ3n) is 2.52. The summed E-state index contributed by atoms with van der Waals surface area (Å²) in [4.78, 5) is 5.03. The van der Waals surface area contributed by atoms with E-state index < -0.39 is 10.0 Å². The molecule has 2 aromatic heterocycles. The smallest absolute Gasteiger partial charge is 0.242 e. The van der Waals surface area contributed by atoms with Crippen molar-refractivity contribution in [3.8, 4) is 0 Å². The molecule has 0 radical (unpaired) electrons. The lowest BCUT2D eigenvalue weighted by Crippen LogP contribution is -2.25. The van der Waals surface area contributed by atoms with Crippen LogP contribution in [0.15, 0.2) is 20.9 Å². The van der Waals surface area contributed by atoms with Gasteiger partial charge >= 0.3 is 0 Å². The highest BCUT2D eigenvalue weighted by Crippen LogP contribution is 2.21. The van der Waals surface area contributed by atoms with E-state index in [2.05, 4.69) is 20.2 Å². The van der Waals surface area contributed by atoms with Crippen LogP contribution in [0.1, 0.15) is 23.5 Å². The number of hydrogen-bond acceptors (Lipinski definition) is 7. The minimum absolute atomic E-state index is 0.0101. The fourth-order valence-corrected chi connectivity index (χ4v) is 3.98. The fourth-order valence-electron chi connectivity index (χ4n) is 1.59. The van der Waals surface area contributed by atoms with Crippen molar-refractivity contribution in [1.29, 1.82) is 0 Å². The van der Waals surface area contributed by atoms with Crippen molar-refractivity contribution >= 4 is 21.4 Å². The SMILES string of the molecule is CCNCc1sccc1S(=O)(=O)NCc1noc(C)n1. The molecule has 0 aliphatic carbocycles. The number of thiophene rings is 1. The molecular formula is C11H16N4O3S2. The average Bonchev–Trinajstić information content (AvgIpc) is 3.03. The van der Waals surface area contributed by atoms with Crippen LogP contribution in [-0.2, 0) is 23.1 Å². The average molecular weight is 316 g/mol. The van der Waals surface area contributed by atoms with Gasteiger partial charge in [-0.15, -0.1) is 11.3 Å². The Labute approximate surface area is 121 Å². The first-order valence-corrected chi connectivity index (χ1v) is 8.45. The van der Waals surface area contributed by atoms with Gasteiger partial charge in [0.15, 0.2) is 5.82 Å². The standard InChI is InChI=1S/C11H16N4O3S2/c1-3-12-6-9-10(4-5-19-9)20(16,17)13-7-11-14-8(2)18-15-11/h4-5,12-13H,3,6-7H2,1-2H3. The zero-order chi connectivity index (χ0) is 14.6. The normalized spacial score (nSPS) is 11.9. The van der Waals surface area contributed by atoms with Gasteiger partial charge in [0, 0.05) is 18.3 Å². The zero-order valence-corrected chi connectivity index (χ0v) is 12.8. The van der Waals surface area contributed by atoms with Gasteiger partial charge < -0.3 is 9.84 Å². The van der Waals surface area contributed by atoms with E-state index in [1.54, 1.807) is 18.4 Å². The highest BCUT2D eigenvalue weighted by atomic mass is 32.2. The van der Waals surface area contributed by atoms with Gasteiger partial charge in [-0.2, -0.15) is 4.98 Å². The van der Waals surface area contributed by atoms with Crippen molar-refractivity contribution in [3.05, 3.63) is 28.0 Å². The number of sulfonamides is 1. The molecule has 0 fully saturated rings. The first-order chi connectivity index (χ1) is 9.53. The monoisotopic (exact) mass is 316 g/mol. The van der Waals surface area contributed by atoms with Gasteiger partial charge in [-0.05, 0) is 18.0 Å². The molecule has 0 amide bonds. The second-order valence-corrected chi connectivity index (χ2v) is 6.78. The Balaban J connectivity index is 2.08. The molecule has 9 heteroatoms. The largest absolute Gasteiger partial charge is 0.340 e. The summed E-state index contributed by atoms with van der Waals surface area (Å²) in [7, 11) is -3.57. The topological polar surface area (TPSA) is 97.1 Å². The van der Waals surface area contributed by atoms with Gasteiger partial charge in [0.2, 0.25) is 15.9 Å². The molecule has 20 heavy (non-hydrogen) atoms. The van der Waals surface area contributed by atoms with E-state index in [-0.39, 0.29) is 6.54 Å². The molecule has 2 rings (SSSR count). The van der Waals surface area contributed by atoms with Gasteiger partial charge in [0.1, 0.15) is 0 Å². The lowest BCUT2D eigenvalue weighted by molar-refractivity contribution is 0.387. The van der Waals surface area contributed by atoms with Crippen LogP contribution in [0.25, 0.3) is 0 Å². The molecule has 7 nitrogen and oxygen atoms in total. The van der Waals surface area contributed by atoms with Crippen LogP contribution in [0.4, 0.5) is 0 Å². The Morgan fingerprint density at radius 2 is 2.20 bits per heavy atom. The molecular weight excluding hydrogens is 300 g/mol. The van der Waals surface area contributed by atoms with Crippen molar-refractivity contribution in [2.24, 2.45) is 0 Å². The summed E-state index contributed by atoms with van der Waals surface area (Å²) in [6, 6.07) is 1.60. The maximum absolute atomic E-state index is 12.2. The molecule has 0 spiro atoms. The zero-order valence-electron chi connectivity index (χ0n) is 11.2. The van der Waals surface area contributed by atoms with Gasteiger partial charge in [-0.1, -0.05) is 12.1 Å². The first-order valence-electron chi connectivity index (χ1n) is 6.09. The Kier molecular flexibility index (Phi) is 4.86. The van der Waals surface area contributed by atoms with Crippen LogP contribution >= 0.6 is 11.3 Å². The molecule has 0 aliphatic heterocycles. The summed E-state index contributed by atoms with van der Waals surface area (Å²) in [6.07, 6.45) is 0. The van der Waals surface area contributed by atoms with Crippen molar-refractivity contribution in [3.63, 3.8) is 0 Å². The molecule has 110 valence electrons. The van der Waals surface area contributed by atoms with E-state index in [1.807, 2.05) is 6.92 Å². The Morgan fingerprint density at radius 3 is 2.85 bits per heavy atom. The number of hydrogen-bond donors (Lipinski definition) is 2. The molecule has 2 heterocycles. The summed E-state index contributed by atoms with van der Waals surface area (Å²) in [6.45, 7) is 4.95. The summed E-state index contributed by atoms with van der Waals surface area (Å²) in [5, 5.41) is 8.53. The van der Waals surface area contributed by atoms with Crippen molar-refractivity contribution in [1.82, 2.24) is 20.2 Å². The van der Waals surface area contributed by atoms with Gasteiger partial charge in [-0.3, -0.25) is 0 Å². The summed E-state index contributed by atoms with van der Waals surface area (Å²) < 4.78 is 31.7. The van der Waals surface area contributed by atoms with Gasteiger partial charge in [0.05, 0.1) is 11.4 Å². The maximum Gasteiger partial charge on any atom is 0.242 e. The molecule has 0 aliphatic rings. The highest BCUT2D eigenvalue weighted by molar-refractivity contribution is 7.89. The predicted octanol–water partition coefficient (Wildman–Crippen LogP) is 1.03. The maximum atomic E-state index is 12.2. The Morgan fingerprint density at radius 1 is 1.40 bits per heavy atom. The minimum Gasteiger partial charge on any atom is -0.340 e. The van der Waals surface area contributed by atoms with Gasteiger partial charge in [-0.25, -0.2) is 13.1 Å². The van der Waals surface area contributed by atoms with Crippen LogP contribution in [0.2, 0.25) is 0 Å². The van der Waals surface area contributed by atoms with Crippen LogP contribution in [0, 0.1) is 6.92 Å². The van der Waals surface area contributed by atoms with E-state index in [0.717, 1.165) is 11.4 Å². The minimum atomic E-state index is -3.57. The molecule has 0 atom stereocenters. The molecule has 2 aromatic rings. The highest BCUT2D eigenvalue weighted by Gasteiger charge is 2.20. The fraction of sp³-hybridized carbons (Fsp3) is 0.455. The summed E-state index contributed by atoms with van der Waals surface area (Å²) in [5.74, 6) is 0.720. The second kappa shape index (κ2) is 6.44. The Bertz CT molecular complexity index is 663. The van der Waals surface area contributed by atoms with E-state index in [4.69, 9.17) is 4.52 Å². The molecule has 0 saturated heterocycles. The number of aryl methyl sites for hydroxylation is 1. The van der Waals surface area contributed by atoms with Crippen LogP contribution in [-0.4, -0.2) is 25.1 Å². The lowest BCUT2D eigenvalue weighted by atomic mass is 10.4. The number of rotatable bonds is 7. The van der Waals surface area contributed by atoms with Gasteiger partial charge in [0.25, 0.3) is 0 Å². The third-order valence-corrected chi connectivity index (χ3v) is 5.06. The molecule has 0 saturated carbocycles.